The third-order valence-corrected chi connectivity index (χ3v) is 4.58. The average molecular weight is 313 g/mol. The lowest BCUT2D eigenvalue weighted by atomic mass is 9.95. The minimum Gasteiger partial charge on any atom is -0.316 e. The number of nitrogens with one attached hydrogen (secondary N) is 1. The Morgan fingerprint density at radius 1 is 1.23 bits per heavy atom. The van der Waals surface area contributed by atoms with Crippen LogP contribution in [0, 0.1) is 0 Å². The van der Waals surface area contributed by atoms with Gasteiger partial charge in [-0.15, -0.1) is 0 Å². The maximum atomic E-state index is 6.40. The molecule has 4 rings (SSSR count). The molecule has 1 N–H and O–H groups in total. The summed E-state index contributed by atoms with van der Waals surface area (Å²) >= 11 is 6.40. The highest BCUT2D eigenvalue weighted by Gasteiger charge is 2.20. The van der Waals surface area contributed by atoms with Crippen molar-refractivity contribution < 1.29 is 0 Å². The summed E-state index contributed by atoms with van der Waals surface area (Å²) in [4.78, 5) is 4.86. The largest absolute Gasteiger partial charge is 0.316 e. The number of aromatic nitrogens is 3. The Morgan fingerprint density at radius 2 is 2.18 bits per heavy atom. The number of rotatable bonds is 2. The van der Waals surface area contributed by atoms with E-state index in [1.165, 1.54) is 6.42 Å². The number of pyridine rings is 2. The molecule has 4 nitrogen and oxygen atoms in total. The summed E-state index contributed by atoms with van der Waals surface area (Å²) in [6.07, 6.45) is 6.12. The van der Waals surface area contributed by atoms with E-state index >= 15 is 0 Å². The Hall–Kier alpha value is -1.91. The zero-order chi connectivity index (χ0) is 14.9. The molecule has 5 heteroatoms. The van der Waals surface area contributed by atoms with E-state index in [9.17, 15) is 0 Å². The van der Waals surface area contributed by atoms with Crippen LogP contribution in [-0.4, -0.2) is 27.7 Å². The van der Waals surface area contributed by atoms with E-state index < -0.39 is 0 Å². The van der Waals surface area contributed by atoms with E-state index in [-0.39, 0.29) is 0 Å². The van der Waals surface area contributed by atoms with E-state index in [1.54, 1.807) is 0 Å². The van der Waals surface area contributed by atoms with Gasteiger partial charge < -0.3 is 5.32 Å². The molecule has 0 aromatic carbocycles. The number of fused-ring (bicyclic) bond motifs is 1. The fourth-order valence-corrected chi connectivity index (χ4v) is 3.37. The molecular weight excluding hydrogens is 296 g/mol. The molecule has 4 heterocycles. The lowest BCUT2D eigenvalue weighted by molar-refractivity contribution is 0.455. The van der Waals surface area contributed by atoms with Crippen molar-refractivity contribution in [2.45, 2.75) is 18.8 Å². The molecular formula is C17H17ClN4. The van der Waals surface area contributed by atoms with Crippen molar-refractivity contribution in [3.05, 3.63) is 53.4 Å². The predicted molar refractivity (Wildman–Crippen MR) is 88.3 cm³/mol. The van der Waals surface area contributed by atoms with E-state index in [1.807, 2.05) is 41.2 Å². The zero-order valence-electron chi connectivity index (χ0n) is 12.2. The van der Waals surface area contributed by atoms with E-state index in [2.05, 4.69) is 16.5 Å². The Balaban J connectivity index is 1.79. The molecule has 0 radical (unpaired) electrons. The van der Waals surface area contributed by atoms with Crippen LogP contribution in [0.25, 0.3) is 16.8 Å². The van der Waals surface area contributed by atoms with Crippen LogP contribution in [0.5, 0.6) is 0 Å². The average Bonchev–Trinajstić information content (AvgIpc) is 3.00. The molecule has 1 atom stereocenters. The number of hydrogen-bond acceptors (Lipinski definition) is 3. The van der Waals surface area contributed by atoms with Crippen LogP contribution < -0.4 is 5.32 Å². The molecule has 1 aliphatic heterocycles. The van der Waals surface area contributed by atoms with Crippen molar-refractivity contribution >= 4 is 17.1 Å². The first-order valence-electron chi connectivity index (χ1n) is 7.63. The fourth-order valence-electron chi connectivity index (χ4n) is 3.11. The number of halogens is 1. The normalized spacial score (nSPS) is 18.7. The van der Waals surface area contributed by atoms with Crippen molar-refractivity contribution in [2.75, 3.05) is 13.1 Å². The lowest BCUT2D eigenvalue weighted by Crippen LogP contribution is -2.29. The number of piperidine rings is 1. The summed E-state index contributed by atoms with van der Waals surface area (Å²) < 4.78 is 1.87. The summed E-state index contributed by atoms with van der Waals surface area (Å²) in [5, 5.41) is 8.58. The van der Waals surface area contributed by atoms with Gasteiger partial charge in [-0.05, 0) is 43.7 Å². The monoisotopic (exact) mass is 312 g/mol. The van der Waals surface area contributed by atoms with Crippen LogP contribution in [0.3, 0.4) is 0 Å². The second-order valence-corrected chi connectivity index (χ2v) is 6.10. The summed E-state index contributed by atoms with van der Waals surface area (Å²) in [6, 6.07) is 9.98. The second kappa shape index (κ2) is 5.71. The molecule has 112 valence electrons. The molecule has 22 heavy (non-hydrogen) atoms. The maximum Gasteiger partial charge on any atom is 0.0755 e. The van der Waals surface area contributed by atoms with Crippen molar-refractivity contribution in [1.82, 2.24) is 19.9 Å². The highest BCUT2D eigenvalue weighted by atomic mass is 35.5. The molecule has 1 unspecified atom stereocenters. The maximum absolute atomic E-state index is 6.40. The van der Waals surface area contributed by atoms with Crippen LogP contribution in [0.15, 0.2) is 42.7 Å². The van der Waals surface area contributed by atoms with Gasteiger partial charge in [-0.3, -0.25) is 4.98 Å². The number of hydrogen-bond donors (Lipinski definition) is 1. The molecule has 3 aromatic heterocycles. The van der Waals surface area contributed by atoms with Crippen molar-refractivity contribution in [2.24, 2.45) is 0 Å². The molecule has 3 aromatic rings. The third-order valence-electron chi connectivity index (χ3n) is 4.26. The highest BCUT2D eigenvalue weighted by molar-refractivity contribution is 6.31. The molecule has 1 fully saturated rings. The van der Waals surface area contributed by atoms with Crippen molar-refractivity contribution in [1.29, 1.82) is 0 Å². The molecule has 0 saturated carbocycles. The van der Waals surface area contributed by atoms with Gasteiger partial charge in [0.25, 0.3) is 0 Å². The summed E-state index contributed by atoms with van der Waals surface area (Å²) in [5.41, 5.74) is 4.04. The minimum atomic E-state index is 0.392. The van der Waals surface area contributed by atoms with Gasteiger partial charge in [0.05, 0.1) is 28.1 Å². The quantitative estimate of drug-likeness (QED) is 0.787. The Bertz CT molecular complexity index is 805. The molecule has 0 amide bonds. The van der Waals surface area contributed by atoms with Gasteiger partial charge in [-0.1, -0.05) is 17.7 Å². The molecule has 0 aliphatic carbocycles. The van der Waals surface area contributed by atoms with Crippen LogP contribution in [0.4, 0.5) is 0 Å². The first-order chi connectivity index (χ1) is 10.8. The van der Waals surface area contributed by atoms with Gasteiger partial charge in [-0.25, -0.2) is 4.52 Å². The van der Waals surface area contributed by atoms with Crippen LogP contribution >= 0.6 is 11.6 Å². The Morgan fingerprint density at radius 3 is 3.05 bits per heavy atom. The highest BCUT2D eigenvalue weighted by Crippen LogP contribution is 2.31. The fraction of sp³-hybridized carbons (Fsp3) is 0.294. The van der Waals surface area contributed by atoms with Gasteiger partial charge in [0, 0.05) is 24.2 Å². The van der Waals surface area contributed by atoms with Crippen LogP contribution in [-0.2, 0) is 0 Å². The van der Waals surface area contributed by atoms with Gasteiger partial charge in [0.15, 0.2) is 0 Å². The summed E-state index contributed by atoms with van der Waals surface area (Å²) in [5.74, 6) is 0.392. The second-order valence-electron chi connectivity index (χ2n) is 5.70. The molecule has 1 saturated heterocycles. The summed E-state index contributed by atoms with van der Waals surface area (Å²) in [6.45, 7) is 2.03. The van der Waals surface area contributed by atoms with Crippen molar-refractivity contribution in [3.8, 4) is 11.3 Å². The predicted octanol–water partition coefficient (Wildman–Crippen LogP) is 3.52. The standard InChI is InChI=1S/C17H17ClN4/c18-14-6-7-15(21-17(14)12-4-3-8-19-10-12)13-11-20-22-9-2-1-5-16(13)22/h1-2,5-7,9,11-12,19H,3-4,8,10H2. The topological polar surface area (TPSA) is 42.2 Å². The van der Waals surface area contributed by atoms with Crippen molar-refractivity contribution in [3.63, 3.8) is 0 Å². The van der Waals surface area contributed by atoms with Gasteiger partial charge in [0.2, 0.25) is 0 Å². The minimum absolute atomic E-state index is 0.392. The third kappa shape index (κ3) is 2.38. The Kier molecular flexibility index (Phi) is 3.56. The van der Waals surface area contributed by atoms with E-state index in [4.69, 9.17) is 16.6 Å². The molecule has 0 bridgehead atoms. The number of nitrogens with zero attached hydrogens (tertiary/aromatic N) is 3. The van der Waals surface area contributed by atoms with E-state index in [0.29, 0.717) is 5.92 Å². The summed E-state index contributed by atoms with van der Waals surface area (Å²) in [7, 11) is 0. The Labute approximate surface area is 134 Å². The molecule has 0 spiro atoms. The SMILES string of the molecule is Clc1ccc(-c2cnn3ccccc23)nc1C1CCCNC1. The first-order valence-corrected chi connectivity index (χ1v) is 8.00. The van der Waals surface area contributed by atoms with Gasteiger partial charge in [0.1, 0.15) is 0 Å². The van der Waals surface area contributed by atoms with E-state index in [0.717, 1.165) is 47.0 Å². The zero-order valence-corrected chi connectivity index (χ0v) is 12.9. The smallest absolute Gasteiger partial charge is 0.0755 e. The van der Waals surface area contributed by atoms with Crippen LogP contribution in [0.1, 0.15) is 24.5 Å². The van der Waals surface area contributed by atoms with Gasteiger partial charge >= 0.3 is 0 Å². The first kappa shape index (κ1) is 13.7. The van der Waals surface area contributed by atoms with Gasteiger partial charge in [-0.2, -0.15) is 5.10 Å². The molecule has 1 aliphatic rings. The van der Waals surface area contributed by atoms with Crippen LogP contribution in [0.2, 0.25) is 5.02 Å². The lowest BCUT2D eigenvalue weighted by Gasteiger charge is -2.23.